The van der Waals surface area contributed by atoms with E-state index in [1.807, 2.05) is 42.5 Å². The first-order valence-electron chi connectivity index (χ1n) is 9.45. The fraction of sp³-hybridized carbons (Fsp3) is 0.273. The standard InChI is InChI=1S/C22H22N2O4S/c1-29(27)9-8-16(12-25)23-11-14-6-7-17-15(10-14)13-28-21(17)20-18-4-2-3-5-19(18)24-22(20)26/h2-7,10,12,16,23H,8-9,11,13H2,1H3,(H,24,26)/b21-20+. The Hall–Kier alpha value is -2.77. The van der Waals surface area contributed by atoms with Crippen molar-refractivity contribution in [3.63, 3.8) is 0 Å². The molecule has 2 aromatic carbocycles. The Kier molecular flexibility index (Phi) is 5.60. The van der Waals surface area contributed by atoms with Crippen molar-refractivity contribution in [1.82, 2.24) is 5.32 Å². The van der Waals surface area contributed by atoms with Gasteiger partial charge in [-0.15, -0.1) is 0 Å². The fourth-order valence-electron chi connectivity index (χ4n) is 3.64. The molecule has 0 fully saturated rings. The van der Waals surface area contributed by atoms with Gasteiger partial charge in [-0.3, -0.25) is 9.00 Å². The summed E-state index contributed by atoms with van der Waals surface area (Å²) in [6.45, 7) is 0.936. The number of para-hydroxylation sites is 1. The van der Waals surface area contributed by atoms with E-state index in [-0.39, 0.29) is 11.9 Å². The topological polar surface area (TPSA) is 84.5 Å². The predicted octanol–water partition coefficient (Wildman–Crippen LogP) is 2.46. The third kappa shape index (κ3) is 4.02. The maximum absolute atomic E-state index is 12.5. The summed E-state index contributed by atoms with van der Waals surface area (Å²) in [5.41, 5.74) is 5.18. The van der Waals surface area contributed by atoms with Gasteiger partial charge in [0.25, 0.3) is 5.91 Å². The zero-order chi connectivity index (χ0) is 20.4. The van der Waals surface area contributed by atoms with Crippen LogP contribution in [0.4, 0.5) is 5.69 Å². The summed E-state index contributed by atoms with van der Waals surface area (Å²) in [6.07, 6.45) is 3.05. The molecule has 7 heteroatoms. The van der Waals surface area contributed by atoms with Crippen LogP contribution in [0.3, 0.4) is 0 Å². The molecule has 2 atom stereocenters. The lowest BCUT2D eigenvalue weighted by Gasteiger charge is -2.12. The Labute approximate surface area is 171 Å². The number of anilines is 1. The Bertz CT molecular complexity index is 1030. The van der Waals surface area contributed by atoms with E-state index in [0.29, 0.717) is 36.7 Å². The number of fused-ring (bicyclic) bond motifs is 2. The van der Waals surface area contributed by atoms with Crippen LogP contribution in [-0.4, -0.2) is 34.5 Å². The number of nitrogens with one attached hydrogen (secondary N) is 2. The van der Waals surface area contributed by atoms with Crippen LogP contribution in [-0.2, 0) is 38.3 Å². The monoisotopic (exact) mass is 410 g/mol. The van der Waals surface area contributed by atoms with Gasteiger partial charge in [0.1, 0.15) is 18.7 Å². The minimum atomic E-state index is -0.913. The van der Waals surface area contributed by atoms with E-state index in [0.717, 1.165) is 34.2 Å². The van der Waals surface area contributed by atoms with Crippen molar-refractivity contribution < 1.29 is 18.5 Å². The Morgan fingerprint density at radius 3 is 2.86 bits per heavy atom. The summed E-state index contributed by atoms with van der Waals surface area (Å²) < 4.78 is 17.1. The van der Waals surface area contributed by atoms with Gasteiger partial charge >= 0.3 is 0 Å². The molecule has 2 aromatic rings. The summed E-state index contributed by atoms with van der Waals surface area (Å²) in [5, 5.41) is 6.08. The van der Waals surface area contributed by atoms with Crippen LogP contribution >= 0.6 is 0 Å². The molecule has 2 N–H and O–H groups in total. The molecule has 0 spiro atoms. The lowest BCUT2D eigenvalue weighted by atomic mass is 9.99. The minimum absolute atomic E-state index is 0.151. The number of hydrogen-bond donors (Lipinski definition) is 2. The van der Waals surface area contributed by atoms with Crippen molar-refractivity contribution in [3.8, 4) is 0 Å². The minimum Gasteiger partial charge on any atom is -0.487 e. The molecule has 4 rings (SSSR count). The van der Waals surface area contributed by atoms with Crippen molar-refractivity contribution in [1.29, 1.82) is 0 Å². The van der Waals surface area contributed by atoms with Crippen LogP contribution in [0, 0.1) is 0 Å². The molecular formula is C22H22N2O4S. The second-order valence-electron chi connectivity index (χ2n) is 7.17. The molecule has 2 aliphatic rings. The van der Waals surface area contributed by atoms with E-state index in [2.05, 4.69) is 10.6 Å². The summed E-state index contributed by atoms with van der Waals surface area (Å²) in [4.78, 5) is 23.7. The molecule has 0 radical (unpaired) electrons. The Balaban J connectivity index is 1.54. The van der Waals surface area contributed by atoms with Crippen molar-refractivity contribution in [2.45, 2.75) is 25.6 Å². The number of hydrogen-bond acceptors (Lipinski definition) is 5. The summed E-state index contributed by atoms with van der Waals surface area (Å²) in [6, 6.07) is 13.2. The molecule has 6 nitrogen and oxygen atoms in total. The second-order valence-corrected chi connectivity index (χ2v) is 8.73. The van der Waals surface area contributed by atoms with E-state index in [9.17, 15) is 13.8 Å². The second kappa shape index (κ2) is 8.31. The van der Waals surface area contributed by atoms with E-state index in [4.69, 9.17) is 4.74 Å². The lowest BCUT2D eigenvalue weighted by Crippen LogP contribution is -2.31. The van der Waals surface area contributed by atoms with Gasteiger partial charge in [0.15, 0.2) is 0 Å². The number of amides is 1. The highest BCUT2D eigenvalue weighted by molar-refractivity contribution is 7.84. The van der Waals surface area contributed by atoms with Crippen LogP contribution in [0.5, 0.6) is 0 Å². The Morgan fingerprint density at radius 2 is 2.07 bits per heavy atom. The highest BCUT2D eigenvalue weighted by Crippen LogP contribution is 2.41. The van der Waals surface area contributed by atoms with E-state index < -0.39 is 10.8 Å². The normalized spacial score (nSPS) is 19.1. The smallest absolute Gasteiger partial charge is 0.260 e. The largest absolute Gasteiger partial charge is 0.487 e. The van der Waals surface area contributed by atoms with Gasteiger partial charge in [0.05, 0.1) is 11.6 Å². The summed E-state index contributed by atoms with van der Waals surface area (Å²) in [5.74, 6) is 0.953. The van der Waals surface area contributed by atoms with Gasteiger partial charge in [-0.25, -0.2) is 0 Å². The quantitative estimate of drug-likeness (QED) is 0.541. The maximum atomic E-state index is 12.5. The van der Waals surface area contributed by atoms with Gasteiger partial charge in [0.2, 0.25) is 0 Å². The molecular weight excluding hydrogens is 388 g/mol. The number of aldehydes is 1. The number of benzene rings is 2. The van der Waals surface area contributed by atoms with Crippen LogP contribution in [0.1, 0.15) is 28.7 Å². The van der Waals surface area contributed by atoms with Crippen molar-refractivity contribution in [3.05, 3.63) is 64.7 Å². The van der Waals surface area contributed by atoms with E-state index >= 15 is 0 Å². The third-order valence-corrected chi connectivity index (χ3v) is 5.94. The average molecular weight is 410 g/mol. The maximum Gasteiger partial charge on any atom is 0.260 e. The first-order valence-corrected chi connectivity index (χ1v) is 11.2. The molecule has 0 aromatic heterocycles. The summed E-state index contributed by atoms with van der Waals surface area (Å²) >= 11 is 0. The van der Waals surface area contributed by atoms with Gasteiger partial charge in [-0.1, -0.05) is 36.4 Å². The van der Waals surface area contributed by atoms with Gasteiger partial charge in [0, 0.05) is 51.7 Å². The molecule has 2 aliphatic heterocycles. The van der Waals surface area contributed by atoms with E-state index in [1.165, 1.54) is 0 Å². The highest BCUT2D eigenvalue weighted by atomic mass is 32.2. The third-order valence-electron chi connectivity index (χ3n) is 5.13. The molecule has 0 saturated heterocycles. The number of ether oxygens (including phenoxy) is 1. The average Bonchev–Trinajstić information content (AvgIpc) is 3.27. The first kappa shape index (κ1) is 19.5. The fourth-order valence-corrected chi connectivity index (χ4v) is 4.22. The highest BCUT2D eigenvalue weighted by Gasteiger charge is 2.32. The molecule has 2 heterocycles. The van der Waals surface area contributed by atoms with Gasteiger partial charge < -0.3 is 20.2 Å². The lowest BCUT2D eigenvalue weighted by molar-refractivity contribution is -0.111. The van der Waals surface area contributed by atoms with Crippen LogP contribution in [0.15, 0.2) is 42.5 Å². The zero-order valence-corrected chi connectivity index (χ0v) is 16.9. The van der Waals surface area contributed by atoms with Gasteiger partial charge in [-0.2, -0.15) is 0 Å². The predicted molar refractivity (Wildman–Crippen MR) is 113 cm³/mol. The molecule has 0 saturated carbocycles. The zero-order valence-electron chi connectivity index (χ0n) is 16.1. The number of carbonyl (C=O) groups is 2. The van der Waals surface area contributed by atoms with Gasteiger partial charge in [-0.05, 0) is 18.1 Å². The number of rotatable bonds is 7. The molecule has 1 amide bonds. The van der Waals surface area contributed by atoms with E-state index in [1.54, 1.807) is 6.26 Å². The van der Waals surface area contributed by atoms with Crippen LogP contribution in [0.25, 0.3) is 11.3 Å². The Morgan fingerprint density at radius 1 is 1.24 bits per heavy atom. The molecule has 150 valence electrons. The molecule has 0 bridgehead atoms. The molecule has 29 heavy (non-hydrogen) atoms. The molecule has 0 aliphatic carbocycles. The van der Waals surface area contributed by atoms with Crippen LogP contribution in [0.2, 0.25) is 0 Å². The van der Waals surface area contributed by atoms with Crippen molar-refractivity contribution in [2.75, 3.05) is 17.3 Å². The SMILES string of the molecule is CS(=O)CCC(C=O)NCc1ccc2c(c1)CO/C2=C1/C(=O)Nc2ccccc21. The van der Waals surface area contributed by atoms with Crippen LogP contribution < -0.4 is 10.6 Å². The molecule has 2 unspecified atom stereocenters. The first-order chi connectivity index (χ1) is 14.1. The van der Waals surface area contributed by atoms with Crippen molar-refractivity contribution >= 4 is 40.0 Å². The number of carbonyl (C=O) groups excluding carboxylic acids is 2. The van der Waals surface area contributed by atoms with Crippen molar-refractivity contribution in [2.24, 2.45) is 0 Å². The summed E-state index contributed by atoms with van der Waals surface area (Å²) in [7, 11) is -0.913.